The van der Waals surface area contributed by atoms with E-state index in [4.69, 9.17) is 27.9 Å². The van der Waals surface area contributed by atoms with Gasteiger partial charge in [-0.3, -0.25) is 4.79 Å². The van der Waals surface area contributed by atoms with Crippen molar-refractivity contribution < 1.29 is 23.5 Å². The Kier molecular flexibility index (Phi) is 6.79. The molecule has 1 aliphatic heterocycles. The lowest BCUT2D eigenvalue weighted by atomic mass is 10.2. The van der Waals surface area contributed by atoms with Gasteiger partial charge in [0.05, 0.1) is 27.7 Å². The number of nitrogens with one attached hydrogen (secondary N) is 1. The minimum Gasteiger partial charge on any atom is -0.479 e. The van der Waals surface area contributed by atoms with Crippen LogP contribution in [0, 0.1) is 5.82 Å². The van der Waals surface area contributed by atoms with Crippen molar-refractivity contribution in [1.29, 1.82) is 0 Å². The summed E-state index contributed by atoms with van der Waals surface area (Å²) < 4.78 is 22.7. The van der Waals surface area contributed by atoms with Gasteiger partial charge in [-0.1, -0.05) is 23.2 Å². The minimum atomic E-state index is -0.574. The number of carbonyl (C=O) groups excluding carboxylic acids is 2. The van der Waals surface area contributed by atoms with E-state index in [1.807, 2.05) is 0 Å². The second kappa shape index (κ2) is 9.30. The summed E-state index contributed by atoms with van der Waals surface area (Å²) in [6.45, 7) is -0.335. The quantitative estimate of drug-likeness (QED) is 0.528. The van der Waals surface area contributed by atoms with Gasteiger partial charge in [0, 0.05) is 0 Å². The summed E-state index contributed by atoms with van der Waals surface area (Å²) in [5, 5.41) is 3.36. The Morgan fingerprint density at radius 2 is 1.90 bits per heavy atom. The SMILES string of the molecule is COC(=O)COc1c(Cl)cc(/C=C2/SC(=Nc3ccc(F)cc3)NC2=O)cc1Cl. The highest BCUT2D eigenvalue weighted by atomic mass is 35.5. The number of ether oxygens (including phenoxy) is 2. The molecule has 0 bridgehead atoms. The van der Waals surface area contributed by atoms with E-state index in [9.17, 15) is 14.0 Å². The fraction of sp³-hybridized carbons (Fsp3) is 0.105. The van der Waals surface area contributed by atoms with Crippen molar-refractivity contribution >= 4 is 63.8 Å². The number of hydrogen-bond donors (Lipinski definition) is 1. The van der Waals surface area contributed by atoms with Crippen LogP contribution in [0.4, 0.5) is 10.1 Å². The second-order valence-corrected chi connectivity index (χ2v) is 7.48. The van der Waals surface area contributed by atoms with E-state index in [1.165, 1.54) is 31.4 Å². The molecule has 3 rings (SSSR count). The van der Waals surface area contributed by atoms with E-state index in [1.54, 1.807) is 18.2 Å². The molecule has 10 heteroatoms. The maximum absolute atomic E-state index is 13.0. The topological polar surface area (TPSA) is 77.0 Å². The zero-order chi connectivity index (χ0) is 21.0. The number of amidine groups is 1. The number of methoxy groups -OCH3 is 1. The van der Waals surface area contributed by atoms with Gasteiger partial charge < -0.3 is 14.8 Å². The largest absolute Gasteiger partial charge is 0.479 e. The molecule has 1 amide bonds. The second-order valence-electron chi connectivity index (χ2n) is 5.64. The molecule has 29 heavy (non-hydrogen) atoms. The van der Waals surface area contributed by atoms with Crippen LogP contribution in [0.2, 0.25) is 10.0 Å². The molecule has 0 spiro atoms. The van der Waals surface area contributed by atoms with E-state index in [0.29, 0.717) is 21.3 Å². The Labute approximate surface area is 179 Å². The number of halogens is 3. The molecular weight excluding hydrogens is 442 g/mol. The van der Waals surface area contributed by atoms with E-state index < -0.39 is 5.97 Å². The van der Waals surface area contributed by atoms with E-state index >= 15 is 0 Å². The number of esters is 1. The third-order valence-electron chi connectivity index (χ3n) is 3.59. The monoisotopic (exact) mass is 454 g/mol. The highest BCUT2D eigenvalue weighted by Crippen LogP contribution is 2.36. The molecule has 1 saturated heterocycles. The van der Waals surface area contributed by atoms with Crippen molar-refractivity contribution in [2.75, 3.05) is 13.7 Å². The lowest BCUT2D eigenvalue weighted by molar-refractivity contribution is -0.142. The number of aliphatic imine (C=N–C) groups is 1. The first kappa shape index (κ1) is 21.2. The van der Waals surface area contributed by atoms with Crippen molar-refractivity contribution in [2.45, 2.75) is 0 Å². The molecule has 0 aliphatic carbocycles. The Morgan fingerprint density at radius 1 is 1.24 bits per heavy atom. The van der Waals surface area contributed by atoms with Gasteiger partial charge in [0.2, 0.25) is 0 Å². The first-order valence-corrected chi connectivity index (χ1v) is 9.67. The van der Waals surface area contributed by atoms with E-state index in [-0.39, 0.29) is 34.1 Å². The Balaban J connectivity index is 1.78. The van der Waals surface area contributed by atoms with Crippen molar-refractivity contribution in [3.63, 3.8) is 0 Å². The number of carbonyl (C=O) groups is 2. The molecule has 0 unspecified atom stereocenters. The van der Waals surface area contributed by atoms with Gasteiger partial charge in [-0.2, -0.15) is 0 Å². The Morgan fingerprint density at radius 3 is 2.52 bits per heavy atom. The number of amides is 1. The van der Waals surface area contributed by atoms with Crippen LogP contribution in [0.1, 0.15) is 5.56 Å². The summed E-state index contributed by atoms with van der Waals surface area (Å²) in [5.41, 5.74) is 1.07. The number of rotatable bonds is 5. The average Bonchev–Trinajstić information content (AvgIpc) is 3.01. The zero-order valence-electron chi connectivity index (χ0n) is 14.9. The van der Waals surface area contributed by atoms with Crippen LogP contribution in [0.15, 0.2) is 46.3 Å². The van der Waals surface area contributed by atoms with Crippen molar-refractivity contribution in [3.05, 3.63) is 62.7 Å². The molecular formula is C19H13Cl2FN2O4S. The van der Waals surface area contributed by atoms with Crippen LogP contribution in [0.3, 0.4) is 0 Å². The summed E-state index contributed by atoms with van der Waals surface area (Å²) >= 11 is 13.5. The van der Waals surface area contributed by atoms with Gasteiger partial charge in [-0.25, -0.2) is 14.2 Å². The van der Waals surface area contributed by atoms with E-state index in [0.717, 1.165) is 11.8 Å². The zero-order valence-corrected chi connectivity index (χ0v) is 17.2. The summed E-state index contributed by atoms with van der Waals surface area (Å²) in [6.07, 6.45) is 1.59. The first-order valence-electron chi connectivity index (χ1n) is 8.09. The molecule has 0 saturated carbocycles. The van der Waals surface area contributed by atoms with Crippen molar-refractivity contribution in [2.24, 2.45) is 4.99 Å². The average molecular weight is 455 g/mol. The predicted molar refractivity (Wildman–Crippen MR) is 111 cm³/mol. The molecule has 2 aromatic carbocycles. The summed E-state index contributed by atoms with van der Waals surface area (Å²) in [7, 11) is 1.24. The molecule has 150 valence electrons. The molecule has 0 radical (unpaired) electrons. The highest BCUT2D eigenvalue weighted by Gasteiger charge is 2.24. The molecule has 2 aromatic rings. The summed E-state index contributed by atoms with van der Waals surface area (Å²) in [6, 6.07) is 8.68. The molecule has 0 aromatic heterocycles. The van der Waals surface area contributed by atoms with Crippen LogP contribution in [0.5, 0.6) is 5.75 Å². The maximum Gasteiger partial charge on any atom is 0.343 e. The third-order valence-corrected chi connectivity index (χ3v) is 5.06. The maximum atomic E-state index is 13.0. The lowest BCUT2D eigenvalue weighted by Crippen LogP contribution is -2.19. The van der Waals surface area contributed by atoms with Crippen LogP contribution in [-0.2, 0) is 14.3 Å². The molecule has 6 nitrogen and oxygen atoms in total. The van der Waals surface area contributed by atoms with Gasteiger partial charge in [0.15, 0.2) is 17.5 Å². The van der Waals surface area contributed by atoms with Gasteiger partial charge in [0.25, 0.3) is 5.91 Å². The molecule has 1 N–H and O–H groups in total. The fourth-order valence-electron chi connectivity index (χ4n) is 2.26. The van der Waals surface area contributed by atoms with E-state index in [2.05, 4.69) is 15.0 Å². The Bertz CT molecular complexity index is 1000. The summed E-state index contributed by atoms with van der Waals surface area (Å²) in [4.78, 5) is 28.0. The normalized spacial score (nSPS) is 16.2. The fourth-order valence-corrected chi connectivity index (χ4v) is 3.71. The van der Waals surface area contributed by atoms with Crippen molar-refractivity contribution in [1.82, 2.24) is 5.32 Å². The van der Waals surface area contributed by atoms with Crippen molar-refractivity contribution in [3.8, 4) is 5.75 Å². The molecule has 1 aliphatic rings. The van der Waals surface area contributed by atoms with Gasteiger partial charge in [0.1, 0.15) is 5.82 Å². The first-order chi connectivity index (χ1) is 13.9. The third kappa shape index (κ3) is 5.50. The minimum absolute atomic E-state index is 0.142. The number of nitrogens with zero attached hydrogens (tertiary/aromatic N) is 1. The molecule has 1 heterocycles. The van der Waals surface area contributed by atoms with Crippen LogP contribution < -0.4 is 10.1 Å². The van der Waals surface area contributed by atoms with Crippen LogP contribution >= 0.6 is 35.0 Å². The summed E-state index contributed by atoms with van der Waals surface area (Å²) in [5.74, 6) is -1.14. The Hall–Kier alpha value is -2.55. The van der Waals surface area contributed by atoms with Gasteiger partial charge in [-0.05, 0) is 59.8 Å². The van der Waals surface area contributed by atoms with Gasteiger partial charge in [-0.15, -0.1) is 0 Å². The lowest BCUT2D eigenvalue weighted by Gasteiger charge is -2.10. The highest BCUT2D eigenvalue weighted by molar-refractivity contribution is 8.18. The smallest absolute Gasteiger partial charge is 0.343 e. The van der Waals surface area contributed by atoms with Crippen LogP contribution in [0.25, 0.3) is 6.08 Å². The predicted octanol–water partition coefficient (Wildman–Crippen LogP) is 4.58. The number of benzene rings is 2. The molecule has 0 atom stereocenters. The molecule has 1 fully saturated rings. The number of thioether (sulfide) groups is 1. The standard InChI is InChI=1S/C19H13Cl2FN2O4S/c1-27-16(25)9-28-17-13(20)6-10(7-14(17)21)8-15-18(26)24-19(29-15)23-12-4-2-11(22)3-5-12/h2-8H,9H2,1H3,(H,23,24,26)/b15-8+. The van der Waals surface area contributed by atoms with Gasteiger partial charge >= 0.3 is 5.97 Å². The van der Waals surface area contributed by atoms with Crippen LogP contribution in [-0.4, -0.2) is 30.8 Å². The number of hydrogen-bond acceptors (Lipinski definition) is 6.